The van der Waals surface area contributed by atoms with Crippen LogP contribution in [0.25, 0.3) is 0 Å². The molecule has 0 fully saturated rings. The summed E-state index contributed by atoms with van der Waals surface area (Å²) in [6.07, 6.45) is 1.08. The van der Waals surface area contributed by atoms with Gasteiger partial charge in [-0.05, 0) is 6.07 Å². The van der Waals surface area contributed by atoms with Crippen molar-refractivity contribution in [3.8, 4) is 5.88 Å². The molecule has 4 nitrogen and oxygen atoms in total. The molecule has 0 aromatic carbocycles. The molecule has 0 radical (unpaired) electrons. The molecular weight excluding hydrogens is 184 g/mol. The molecule has 0 saturated carbocycles. The van der Waals surface area contributed by atoms with Crippen LogP contribution >= 0.6 is 0 Å². The van der Waals surface area contributed by atoms with Gasteiger partial charge in [0.2, 0.25) is 5.88 Å². The largest absolute Gasteiger partial charge is 0.478 e. The van der Waals surface area contributed by atoms with Gasteiger partial charge in [0.05, 0.1) is 5.56 Å². The maximum atomic E-state index is 11.6. The number of hydrogen-bond acceptors (Lipinski definition) is 3. The summed E-state index contributed by atoms with van der Waals surface area (Å²) in [5.74, 6) is -1.63. The number of halogens is 2. The van der Waals surface area contributed by atoms with Crippen LogP contribution in [0.5, 0.6) is 5.88 Å². The molecule has 0 spiro atoms. The van der Waals surface area contributed by atoms with Crippen LogP contribution < -0.4 is 4.74 Å². The zero-order chi connectivity index (χ0) is 9.84. The molecule has 0 bridgehead atoms. The topological polar surface area (TPSA) is 59.4 Å². The lowest BCUT2D eigenvalue weighted by Gasteiger charge is -2.02. The van der Waals surface area contributed by atoms with Gasteiger partial charge in [-0.25, -0.2) is 9.78 Å². The molecule has 1 heterocycles. The van der Waals surface area contributed by atoms with E-state index in [1.165, 1.54) is 6.07 Å². The van der Waals surface area contributed by atoms with E-state index in [4.69, 9.17) is 5.11 Å². The van der Waals surface area contributed by atoms with E-state index < -0.39 is 18.5 Å². The molecular formula is C7H5F2NO3. The lowest BCUT2D eigenvalue weighted by atomic mass is 10.3. The first-order chi connectivity index (χ1) is 6.09. The third kappa shape index (κ3) is 2.66. The minimum atomic E-state index is -3.00. The van der Waals surface area contributed by atoms with Gasteiger partial charge in [-0.2, -0.15) is 8.78 Å². The fourth-order valence-electron chi connectivity index (χ4n) is 0.698. The lowest BCUT2D eigenvalue weighted by Crippen LogP contribution is -2.05. The van der Waals surface area contributed by atoms with Gasteiger partial charge in [-0.1, -0.05) is 0 Å². The minimum Gasteiger partial charge on any atom is -0.478 e. The van der Waals surface area contributed by atoms with E-state index in [9.17, 15) is 13.6 Å². The summed E-state index contributed by atoms with van der Waals surface area (Å²) in [7, 11) is 0. The van der Waals surface area contributed by atoms with Crippen LogP contribution in [0.3, 0.4) is 0 Å². The van der Waals surface area contributed by atoms with E-state index in [2.05, 4.69) is 9.72 Å². The van der Waals surface area contributed by atoms with Crippen LogP contribution in [0, 0.1) is 0 Å². The van der Waals surface area contributed by atoms with Gasteiger partial charge < -0.3 is 9.84 Å². The third-order valence-corrected chi connectivity index (χ3v) is 1.19. The highest BCUT2D eigenvalue weighted by molar-refractivity contribution is 5.87. The number of pyridine rings is 1. The molecule has 6 heteroatoms. The molecule has 1 N–H and O–H groups in total. The van der Waals surface area contributed by atoms with Crippen LogP contribution in [0.1, 0.15) is 10.4 Å². The first-order valence-corrected chi connectivity index (χ1v) is 3.24. The number of alkyl halides is 2. The smallest absolute Gasteiger partial charge is 0.388 e. The second-order valence-corrected chi connectivity index (χ2v) is 2.07. The van der Waals surface area contributed by atoms with Gasteiger partial charge in [0.15, 0.2) is 0 Å². The Balaban J connectivity index is 2.85. The van der Waals surface area contributed by atoms with Crippen molar-refractivity contribution >= 4 is 5.97 Å². The molecule has 13 heavy (non-hydrogen) atoms. The number of ether oxygens (including phenoxy) is 1. The van der Waals surface area contributed by atoms with Crippen molar-refractivity contribution in [1.29, 1.82) is 0 Å². The van der Waals surface area contributed by atoms with Gasteiger partial charge in [0, 0.05) is 12.3 Å². The Morgan fingerprint density at radius 2 is 2.31 bits per heavy atom. The van der Waals surface area contributed by atoms with Crippen LogP contribution in [0.2, 0.25) is 0 Å². The van der Waals surface area contributed by atoms with Crippen molar-refractivity contribution < 1.29 is 23.4 Å². The van der Waals surface area contributed by atoms with E-state index in [1.54, 1.807) is 0 Å². The number of nitrogens with zero attached hydrogens (tertiary/aromatic N) is 1. The fourth-order valence-corrected chi connectivity index (χ4v) is 0.698. The highest BCUT2D eigenvalue weighted by atomic mass is 19.3. The van der Waals surface area contributed by atoms with Gasteiger partial charge in [0.25, 0.3) is 0 Å². The molecule has 0 unspecified atom stereocenters. The normalized spacial score (nSPS) is 10.1. The molecule has 0 aliphatic heterocycles. The number of aromatic carboxylic acids is 1. The Kier molecular flexibility index (Phi) is 2.73. The zero-order valence-corrected chi connectivity index (χ0v) is 6.28. The maximum absolute atomic E-state index is 11.6. The quantitative estimate of drug-likeness (QED) is 0.780. The summed E-state index contributed by atoms with van der Waals surface area (Å²) in [6, 6.07) is 2.11. The number of rotatable bonds is 3. The Hall–Kier alpha value is -1.72. The molecule has 1 aromatic rings. The van der Waals surface area contributed by atoms with Crippen molar-refractivity contribution in [2.75, 3.05) is 0 Å². The Bertz CT molecular complexity index is 316. The summed E-state index contributed by atoms with van der Waals surface area (Å²) >= 11 is 0. The molecule has 0 saturated heterocycles. The van der Waals surface area contributed by atoms with E-state index in [0.29, 0.717) is 0 Å². The first-order valence-electron chi connectivity index (χ1n) is 3.24. The number of hydrogen-bond donors (Lipinski definition) is 1. The SMILES string of the molecule is O=C(O)c1ccnc(OC(F)F)c1. The zero-order valence-electron chi connectivity index (χ0n) is 6.28. The number of carboxylic acid groups (broad SMARTS) is 1. The lowest BCUT2D eigenvalue weighted by molar-refractivity contribution is -0.0529. The number of carbonyl (C=O) groups is 1. The molecule has 1 rings (SSSR count). The van der Waals surface area contributed by atoms with Crippen LogP contribution in [0.4, 0.5) is 8.78 Å². The van der Waals surface area contributed by atoms with Gasteiger partial charge in [-0.15, -0.1) is 0 Å². The first kappa shape index (κ1) is 9.37. The van der Waals surface area contributed by atoms with Gasteiger partial charge in [0.1, 0.15) is 0 Å². The summed E-state index contributed by atoms with van der Waals surface area (Å²) < 4.78 is 27.2. The van der Waals surface area contributed by atoms with Crippen molar-refractivity contribution in [3.63, 3.8) is 0 Å². The average molecular weight is 189 g/mol. The minimum absolute atomic E-state index is 0.148. The molecule has 0 atom stereocenters. The summed E-state index contributed by atoms with van der Waals surface area (Å²) in [5, 5.41) is 8.47. The van der Waals surface area contributed by atoms with Crippen LogP contribution in [-0.4, -0.2) is 22.7 Å². The average Bonchev–Trinajstić information content (AvgIpc) is 2.03. The van der Waals surface area contributed by atoms with E-state index in [0.717, 1.165) is 12.3 Å². The van der Waals surface area contributed by atoms with E-state index in [-0.39, 0.29) is 5.56 Å². The third-order valence-electron chi connectivity index (χ3n) is 1.19. The van der Waals surface area contributed by atoms with Gasteiger partial charge >= 0.3 is 12.6 Å². The van der Waals surface area contributed by atoms with Crippen molar-refractivity contribution in [3.05, 3.63) is 23.9 Å². The van der Waals surface area contributed by atoms with E-state index >= 15 is 0 Å². The van der Waals surface area contributed by atoms with Crippen molar-refractivity contribution in [1.82, 2.24) is 4.98 Å². The molecule has 70 valence electrons. The number of aromatic nitrogens is 1. The second kappa shape index (κ2) is 3.79. The van der Waals surface area contributed by atoms with E-state index in [1.807, 2.05) is 0 Å². The predicted molar refractivity (Wildman–Crippen MR) is 37.8 cm³/mol. The molecule has 0 amide bonds. The second-order valence-electron chi connectivity index (χ2n) is 2.07. The standard InChI is InChI=1S/C7H5F2NO3/c8-7(9)13-5-3-4(6(11)12)1-2-10-5/h1-3,7H,(H,11,12). The Labute approximate surface area is 71.8 Å². The highest BCUT2D eigenvalue weighted by Crippen LogP contribution is 2.11. The summed E-state index contributed by atoms with van der Waals surface area (Å²) in [5.41, 5.74) is -0.148. The van der Waals surface area contributed by atoms with Crippen molar-refractivity contribution in [2.24, 2.45) is 0 Å². The Morgan fingerprint density at radius 1 is 1.62 bits per heavy atom. The predicted octanol–water partition coefficient (Wildman–Crippen LogP) is 1.38. The fraction of sp³-hybridized carbons (Fsp3) is 0.143. The van der Waals surface area contributed by atoms with Crippen molar-refractivity contribution in [2.45, 2.75) is 6.61 Å². The Morgan fingerprint density at radius 3 is 2.85 bits per heavy atom. The summed E-state index contributed by atoms with van der Waals surface area (Å²) in [6.45, 7) is -3.00. The molecule has 1 aromatic heterocycles. The van der Waals surface area contributed by atoms with Crippen LogP contribution in [-0.2, 0) is 0 Å². The maximum Gasteiger partial charge on any atom is 0.388 e. The highest BCUT2D eigenvalue weighted by Gasteiger charge is 2.08. The molecule has 0 aliphatic carbocycles. The van der Waals surface area contributed by atoms with Gasteiger partial charge in [-0.3, -0.25) is 0 Å². The summed E-state index contributed by atoms with van der Waals surface area (Å²) in [4.78, 5) is 13.8. The number of carboxylic acids is 1. The molecule has 0 aliphatic rings. The monoisotopic (exact) mass is 189 g/mol. The van der Waals surface area contributed by atoms with Crippen LogP contribution in [0.15, 0.2) is 18.3 Å².